The molecule has 3 heteroatoms. The van der Waals surface area contributed by atoms with Crippen molar-refractivity contribution in [3.05, 3.63) is 114 Å². The minimum Gasteiger partial charge on any atom is -0.393 e. The summed E-state index contributed by atoms with van der Waals surface area (Å²) in [6.07, 6.45) is 1.51. The van der Waals surface area contributed by atoms with Crippen LogP contribution in [0.25, 0.3) is 6.08 Å². The minimum atomic E-state index is -0.735. The highest BCUT2D eigenvalue weighted by molar-refractivity contribution is 5.45. The maximum absolute atomic E-state index is 9.08. The van der Waals surface area contributed by atoms with Crippen molar-refractivity contribution in [2.45, 2.75) is 12.2 Å². The highest BCUT2D eigenvalue weighted by atomic mass is 16.6. The van der Waals surface area contributed by atoms with E-state index in [2.05, 4.69) is 18.7 Å². The molecule has 1 heterocycles. The first-order chi connectivity index (χ1) is 13.2. The van der Waals surface area contributed by atoms with Gasteiger partial charge in [0.25, 0.3) is 0 Å². The van der Waals surface area contributed by atoms with Gasteiger partial charge < -0.3 is 14.9 Å². The van der Waals surface area contributed by atoms with Gasteiger partial charge in [-0.15, -0.1) is 0 Å². The van der Waals surface area contributed by atoms with E-state index < -0.39 is 6.10 Å². The summed E-state index contributed by atoms with van der Waals surface area (Å²) in [5.74, 6) is 0. The molecule has 3 aromatic rings. The zero-order chi connectivity index (χ0) is 19.3. The normalized spacial score (nSPS) is 15.3. The van der Waals surface area contributed by atoms with Crippen LogP contribution in [0.3, 0.4) is 0 Å². The molecule has 0 saturated carbocycles. The standard InChI is InChI=1S/C8H10O2.C8H8O.C8H8/c9-6-8(10)7-4-2-1-3-5-7;1-2-4-7(5-3-1)8-6-9-8;1-2-8-6-4-3-5-7-8/h1-5,8-10H,6H2;1-5,8H,6H2;2-7H,1H2/t2*8-;/m01./s1. The zero-order valence-corrected chi connectivity index (χ0v) is 15.3. The van der Waals surface area contributed by atoms with Gasteiger partial charge in [-0.3, -0.25) is 0 Å². The molecule has 0 aromatic heterocycles. The summed E-state index contributed by atoms with van der Waals surface area (Å²) in [4.78, 5) is 0. The summed E-state index contributed by atoms with van der Waals surface area (Å²) < 4.78 is 5.09. The third kappa shape index (κ3) is 8.01. The molecule has 0 unspecified atom stereocenters. The molecule has 0 spiro atoms. The number of hydrogen-bond donors (Lipinski definition) is 2. The van der Waals surface area contributed by atoms with Crippen LogP contribution >= 0.6 is 0 Å². The average molecular weight is 362 g/mol. The third-order valence-electron chi connectivity index (χ3n) is 3.90. The molecule has 4 rings (SSSR count). The van der Waals surface area contributed by atoms with Crippen LogP contribution in [-0.4, -0.2) is 23.4 Å². The molecular formula is C24H26O3. The molecule has 140 valence electrons. The largest absolute Gasteiger partial charge is 0.393 e. The Hall–Kier alpha value is -2.72. The van der Waals surface area contributed by atoms with Crippen LogP contribution in [0.15, 0.2) is 97.6 Å². The fourth-order valence-electron chi connectivity index (χ4n) is 2.28. The summed E-state index contributed by atoms with van der Waals surface area (Å²) in [5, 5.41) is 17.6. The Kier molecular flexibility index (Phi) is 9.01. The quantitative estimate of drug-likeness (QED) is 0.656. The predicted octanol–water partition coefficient (Wildman–Crippen LogP) is 4.80. The van der Waals surface area contributed by atoms with Gasteiger partial charge in [-0.25, -0.2) is 0 Å². The van der Waals surface area contributed by atoms with Crippen LogP contribution < -0.4 is 0 Å². The van der Waals surface area contributed by atoms with Crippen molar-refractivity contribution >= 4 is 6.08 Å². The molecule has 1 fully saturated rings. The van der Waals surface area contributed by atoms with Crippen molar-refractivity contribution < 1.29 is 14.9 Å². The number of ether oxygens (including phenoxy) is 1. The summed E-state index contributed by atoms with van der Waals surface area (Å²) in [5.41, 5.74) is 3.23. The second kappa shape index (κ2) is 11.8. The molecule has 0 amide bonds. The number of hydrogen-bond acceptors (Lipinski definition) is 3. The Bertz CT molecular complexity index is 753. The molecule has 3 aromatic carbocycles. The maximum Gasteiger partial charge on any atom is 0.106 e. The first kappa shape index (κ1) is 20.6. The van der Waals surface area contributed by atoms with Gasteiger partial charge in [0.15, 0.2) is 0 Å². The van der Waals surface area contributed by atoms with Crippen molar-refractivity contribution in [1.29, 1.82) is 0 Å². The van der Waals surface area contributed by atoms with Crippen molar-refractivity contribution in [2.24, 2.45) is 0 Å². The smallest absolute Gasteiger partial charge is 0.106 e. The van der Waals surface area contributed by atoms with Crippen LogP contribution in [0.5, 0.6) is 0 Å². The summed E-state index contributed by atoms with van der Waals surface area (Å²) in [6, 6.07) is 29.4. The highest BCUT2D eigenvalue weighted by Gasteiger charge is 2.23. The maximum atomic E-state index is 9.08. The second-order valence-corrected chi connectivity index (χ2v) is 5.96. The van der Waals surface area contributed by atoms with Crippen molar-refractivity contribution in [1.82, 2.24) is 0 Å². The predicted molar refractivity (Wildman–Crippen MR) is 110 cm³/mol. The first-order valence-electron chi connectivity index (χ1n) is 8.92. The molecule has 1 aliphatic heterocycles. The van der Waals surface area contributed by atoms with E-state index in [1.165, 1.54) is 11.1 Å². The summed E-state index contributed by atoms with van der Waals surface area (Å²) in [6.45, 7) is 4.32. The van der Waals surface area contributed by atoms with Crippen molar-refractivity contribution in [3.63, 3.8) is 0 Å². The second-order valence-electron chi connectivity index (χ2n) is 5.96. The van der Waals surface area contributed by atoms with Gasteiger partial charge in [-0.1, -0.05) is 104 Å². The molecule has 2 atom stereocenters. The monoisotopic (exact) mass is 362 g/mol. The van der Waals surface area contributed by atoms with E-state index in [1.807, 2.05) is 72.8 Å². The lowest BCUT2D eigenvalue weighted by molar-refractivity contribution is 0.0956. The molecule has 1 aliphatic rings. The molecule has 27 heavy (non-hydrogen) atoms. The average Bonchev–Trinajstić information content (AvgIpc) is 3.61. The fraction of sp³-hybridized carbons (Fsp3) is 0.167. The fourth-order valence-corrected chi connectivity index (χ4v) is 2.28. The molecular weight excluding hydrogens is 336 g/mol. The number of epoxide rings is 1. The zero-order valence-electron chi connectivity index (χ0n) is 15.3. The van der Waals surface area contributed by atoms with Gasteiger partial charge in [-0.05, 0) is 16.7 Å². The molecule has 3 nitrogen and oxygen atoms in total. The van der Waals surface area contributed by atoms with Crippen molar-refractivity contribution in [3.8, 4) is 0 Å². The molecule has 2 N–H and O–H groups in total. The molecule has 0 aliphatic carbocycles. The Balaban J connectivity index is 0.000000146. The lowest BCUT2D eigenvalue weighted by Gasteiger charge is -2.05. The Morgan fingerprint density at radius 3 is 1.78 bits per heavy atom. The van der Waals surface area contributed by atoms with Gasteiger partial charge in [0, 0.05) is 0 Å². The van der Waals surface area contributed by atoms with Crippen molar-refractivity contribution in [2.75, 3.05) is 13.2 Å². The minimum absolute atomic E-state index is 0.218. The molecule has 0 radical (unpaired) electrons. The van der Waals surface area contributed by atoms with Crippen LogP contribution in [0.4, 0.5) is 0 Å². The highest BCUT2D eigenvalue weighted by Crippen LogP contribution is 2.28. The number of aliphatic hydroxyl groups is 2. The van der Waals surface area contributed by atoms with Crippen LogP contribution in [0.2, 0.25) is 0 Å². The lowest BCUT2D eigenvalue weighted by atomic mass is 10.1. The Morgan fingerprint density at radius 1 is 0.889 bits per heavy atom. The van der Waals surface area contributed by atoms with Gasteiger partial charge in [0.2, 0.25) is 0 Å². The molecule has 0 bridgehead atoms. The topological polar surface area (TPSA) is 53.0 Å². The van der Waals surface area contributed by atoms with E-state index in [0.29, 0.717) is 6.10 Å². The number of aliphatic hydroxyl groups excluding tert-OH is 2. The van der Waals surface area contributed by atoms with E-state index in [-0.39, 0.29) is 6.61 Å². The van der Waals surface area contributed by atoms with Crippen LogP contribution in [0, 0.1) is 0 Å². The number of rotatable bonds is 4. The molecule has 1 saturated heterocycles. The van der Waals surface area contributed by atoms with Crippen LogP contribution in [-0.2, 0) is 4.74 Å². The Labute approximate surface area is 161 Å². The van der Waals surface area contributed by atoms with E-state index in [4.69, 9.17) is 14.9 Å². The van der Waals surface area contributed by atoms with E-state index in [0.717, 1.165) is 12.2 Å². The summed E-state index contributed by atoms with van der Waals surface area (Å²) >= 11 is 0. The first-order valence-corrected chi connectivity index (χ1v) is 8.92. The van der Waals surface area contributed by atoms with E-state index in [9.17, 15) is 0 Å². The van der Waals surface area contributed by atoms with Gasteiger partial charge in [-0.2, -0.15) is 0 Å². The van der Waals surface area contributed by atoms with E-state index in [1.54, 1.807) is 12.1 Å². The SMILES string of the molecule is C=Cc1ccccc1.OC[C@H](O)c1ccccc1.c1ccc([C@H]2CO2)cc1. The third-order valence-corrected chi connectivity index (χ3v) is 3.90. The summed E-state index contributed by atoms with van der Waals surface area (Å²) in [7, 11) is 0. The van der Waals surface area contributed by atoms with E-state index >= 15 is 0 Å². The lowest BCUT2D eigenvalue weighted by Crippen LogP contribution is -2.01. The van der Waals surface area contributed by atoms with Gasteiger partial charge >= 0.3 is 0 Å². The Morgan fingerprint density at radius 2 is 1.37 bits per heavy atom. The number of benzene rings is 3. The van der Waals surface area contributed by atoms with Gasteiger partial charge in [0.1, 0.15) is 12.2 Å². The van der Waals surface area contributed by atoms with Crippen LogP contribution in [0.1, 0.15) is 28.9 Å². The van der Waals surface area contributed by atoms with Gasteiger partial charge in [0.05, 0.1) is 13.2 Å².